The van der Waals surface area contributed by atoms with E-state index >= 15 is 0 Å². The average molecular weight is 322 g/mol. The second kappa shape index (κ2) is 5.30. The van der Waals surface area contributed by atoms with Crippen LogP contribution in [0.2, 0.25) is 0 Å². The molecule has 1 saturated heterocycles. The molecule has 112 valence electrons. The van der Waals surface area contributed by atoms with Crippen molar-refractivity contribution >= 4 is 25.5 Å². The van der Waals surface area contributed by atoms with Gasteiger partial charge in [0.05, 0.1) is 17.2 Å². The molecule has 0 saturated carbocycles. The maximum absolute atomic E-state index is 12.9. The van der Waals surface area contributed by atoms with Gasteiger partial charge in [0, 0.05) is 6.04 Å². The van der Waals surface area contributed by atoms with E-state index in [-0.39, 0.29) is 34.9 Å². The van der Waals surface area contributed by atoms with Crippen LogP contribution in [0.5, 0.6) is 0 Å². The monoisotopic (exact) mass is 322 g/mol. The maximum atomic E-state index is 12.9. The number of nitrogens with one attached hydrogen (secondary N) is 1. The summed E-state index contributed by atoms with van der Waals surface area (Å²) in [6.07, 6.45) is 0.450. The Labute approximate surface area is 117 Å². The van der Waals surface area contributed by atoms with E-state index in [1.54, 1.807) is 0 Å². The normalized spacial score (nSPS) is 19.9. The van der Waals surface area contributed by atoms with Gasteiger partial charge in [0.1, 0.15) is 20.5 Å². The molecule has 0 spiro atoms. The summed E-state index contributed by atoms with van der Waals surface area (Å²) >= 11 is 0. The van der Waals surface area contributed by atoms with Crippen molar-refractivity contribution < 1.29 is 21.2 Å². The molecule has 3 N–H and O–H groups in total. The van der Waals surface area contributed by atoms with Gasteiger partial charge in [-0.15, -0.1) is 0 Å². The summed E-state index contributed by atoms with van der Waals surface area (Å²) < 4.78 is 62.2. The number of nitrogen functional groups attached to an aromatic ring is 1. The second-order valence-electron chi connectivity index (χ2n) is 4.73. The molecule has 0 aromatic heterocycles. The Kier molecular flexibility index (Phi) is 4.03. The number of nitrogens with two attached hydrogens (primary N) is 1. The Morgan fingerprint density at radius 1 is 1.25 bits per heavy atom. The fraction of sp³-hybridized carbons (Fsp3) is 0.455. The van der Waals surface area contributed by atoms with Gasteiger partial charge in [0.15, 0.2) is 0 Å². The van der Waals surface area contributed by atoms with Crippen LogP contribution in [-0.4, -0.2) is 34.4 Å². The SMILES string of the molecule is Nc1cc(F)ccc1S(=O)(=O)NC1CCS(=O)(=O)CC1. The Morgan fingerprint density at radius 3 is 2.40 bits per heavy atom. The number of benzene rings is 1. The quantitative estimate of drug-likeness (QED) is 0.777. The fourth-order valence-electron chi connectivity index (χ4n) is 2.05. The highest BCUT2D eigenvalue weighted by molar-refractivity contribution is 7.91. The number of hydrogen-bond donors (Lipinski definition) is 2. The van der Waals surface area contributed by atoms with Gasteiger partial charge in [-0.2, -0.15) is 0 Å². The first-order valence-corrected chi connectivity index (χ1v) is 9.28. The van der Waals surface area contributed by atoms with Gasteiger partial charge < -0.3 is 5.73 Å². The lowest BCUT2D eigenvalue weighted by molar-refractivity contribution is 0.505. The van der Waals surface area contributed by atoms with Gasteiger partial charge in [0.25, 0.3) is 0 Å². The van der Waals surface area contributed by atoms with Gasteiger partial charge in [0.2, 0.25) is 10.0 Å². The van der Waals surface area contributed by atoms with Crippen molar-refractivity contribution in [1.82, 2.24) is 4.72 Å². The van der Waals surface area contributed by atoms with E-state index in [1.165, 1.54) is 0 Å². The molecule has 0 radical (unpaired) electrons. The molecule has 0 unspecified atom stereocenters. The summed E-state index contributed by atoms with van der Waals surface area (Å²) in [5, 5.41) is 0. The van der Waals surface area contributed by atoms with E-state index in [2.05, 4.69) is 4.72 Å². The zero-order valence-electron chi connectivity index (χ0n) is 10.5. The number of rotatable bonds is 3. The molecule has 0 atom stereocenters. The highest BCUT2D eigenvalue weighted by Gasteiger charge is 2.28. The van der Waals surface area contributed by atoms with Crippen LogP contribution in [0.15, 0.2) is 23.1 Å². The summed E-state index contributed by atoms with van der Waals surface area (Å²) in [5.74, 6) is -0.705. The van der Waals surface area contributed by atoms with Gasteiger partial charge in [-0.05, 0) is 31.0 Å². The van der Waals surface area contributed by atoms with Crippen molar-refractivity contribution in [3.8, 4) is 0 Å². The minimum atomic E-state index is -3.88. The van der Waals surface area contributed by atoms with Crippen LogP contribution in [0, 0.1) is 5.82 Å². The molecule has 6 nitrogen and oxygen atoms in total. The van der Waals surface area contributed by atoms with Gasteiger partial charge >= 0.3 is 0 Å². The van der Waals surface area contributed by atoms with Crippen LogP contribution in [0.3, 0.4) is 0 Å². The third kappa shape index (κ3) is 3.47. The number of halogens is 1. The third-order valence-corrected chi connectivity index (χ3v) is 6.45. The molecular formula is C11H15FN2O4S2. The molecule has 1 fully saturated rings. The predicted octanol–water partition coefficient (Wildman–Crippen LogP) is 0.263. The highest BCUT2D eigenvalue weighted by atomic mass is 32.2. The highest BCUT2D eigenvalue weighted by Crippen LogP contribution is 2.21. The van der Waals surface area contributed by atoms with Gasteiger partial charge in [-0.25, -0.2) is 25.9 Å². The van der Waals surface area contributed by atoms with Crippen molar-refractivity contribution in [2.24, 2.45) is 0 Å². The maximum Gasteiger partial charge on any atom is 0.242 e. The lowest BCUT2D eigenvalue weighted by Gasteiger charge is -2.23. The summed E-state index contributed by atoms with van der Waals surface area (Å²) in [7, 11) is -6.94. The third-order valence-electron chi connectivity index (χ3n) is 3.14. The first-order chi connectivity index (χ1) is 9.20. The van der Waals surface area contributed by atoms with E-state index in [1.807, 2.05) is 0 Å². The van der Waals surface area contributed by atoms with E-state index in [4.69, 9.17) is 5.73 Å². The second-order valence-corrected chi connectivity index (χ2v) is 8.72. The number of hydrogen-bond acceptors (Lipinski definition) is 5. The van der Waals surface area contributed by atoms with E-state index in [9.17, 15) is 21.2 Å². The predicted molar refractivity (Wildman–Crippen MR) is 72.8 cm³/mol. The van der Waals surface area contributed by atoms with Gasteiger partial charge in [-0.1, -0.05) is 0 Å². The minimum Gasteiger partial charge on any atom is -0.398 e. The molecule has 20 heavy (non-hydrogen) atoms. The number of anilines is 1. The summed E-state index contributed by atoms with van der Waals surface area (Å²) in [6.45, 7) is 0. The smallest absolute Gasteiger partial charge is 0.242 e. The molecule has 0 aliphatic carbocycles. The molecule has 1 aliphatic heterocycles. The minimum absolute atomic E-state index is 0.0426. The fourth-order valence-corrected chi connectivity index (χ4v) is 4.96. The molecule has 1 aromatic rings. The lowest BCUT2D eigenvalue weighted by atomic mass is 10.2. The zero-order chi connectivity index (χ0) is 15.0. The molecule has 1 aromatic carbocycles. The number of sulfonamides is 1. The molecule has 9 heteroatoms. The van der Waals surface area contributed by atoms with Crippen molar-refractivity contribution in [2.45, 2.75) is 23.8 Å². The van der Waals surface area contributed by atoms with E-state index < -0.39 is 31.7 Å². The molecular weight excluding hydrogens is 307 g/mol. The first-order valence-electron chi connectivity index (χ1n) is 5.97. The van der Waals surface area contributed by atoms with E-state index in [0.29, 0.717) is 0 Å². The van der Waals surface area contributed by atoms with Crippen LogP contribution in [-0.2, 0) is 19.9 Å². The summed E-state index contributed by atoms with van der Waals surface area (Å²) in [5.41, 5.74) is 5.32. The Bertz CT molecular complexity index is 702. The molecule has 1 aliphatic rings. The van der Waals surface area contributed by atoms with Crippen LogP contribution in [0.1, 0.15) is 12.8 Å². The van der Waals surface area contributed by atoms with Crippen LogP contribution in [0.4, 0.5) is 10.1 Å². The zero-order valence-corrected chi connectivity index (χ0v) is 12.2. The van der Waals surface area contributed by atoms with Gasteiger partial charge in [-0.3, -0.25) is 0 Å². The average Bonchev–Trinajstić information content (AvgIpc) is 2.31. The van der Waals surface area contributed by atoms with Crippen molar-refractivity contribution in [2.75, 3.05) is 17.2 Å². The Balaban J connectivity index is 2.16. The Morgan fingerprint density at radius 2 is 1.85 bits per heavy atom. The summed E-state index contributed by atoms with van der Waals surface area (Å²) in [6, 6.07) is 2.58. The van der Waals surface area contributed by atoms with Crippen molar-refractivity contribution in [3.63, 3.8) is 0 Å². The van der Waals surface area contributed by atoms with E-state index in [0.717, 1.165) is 18.2 Å². The Hall–Kier alpha value is -1.19. The number of sulfone groups is 1. The van der Waals surface area contributed by atoms with Crippen LogP contribution >= 0.6 is 0 Å². The molecule has 2 rings (SSSR count). The topological polar surface area (TPSA) is 106 Å². The van der Waals surface area contributed by atoms with Crippen LogP contribution < -0.4 is 10.5 Å². The van der Waals surface area contributed by atoms with Crippen LogP contribution in [0.25, 0.3) is 0 Å². The largest absolute Gasteiger partial charge is 0.398 e. The first kappa shape index (κ1) is 15.2. The molecule has 0 amide bonds. The standard InChI is InChI=1S/C11H15FN2O4S2/c12-8-1-2-11(10(13)7-8)20(17,18)14-9-3-5-19(15,16)6-4-9/h1-2,7,9,14H,3-6,13H2. The van der Waals surface area contributed by atoms with Crippen molar-refractivity contribution in [1.29, 1.82) is 0 Å². The molecule has 0 bridgehead atoms. The lowest BCUT2D eigenvalue weighted by Crippen LogP contribution is -2.40. The summed E-state index contributed by atoms with van der Waals surface area (Å²) in [4.78, 5) is -0.202. The molecule has 1 heterocycles. The van der Waals surface area contributed by atoms with Crippen molar-refractivity contribution in [3.05, 3.63) is 24.0 Å².